The molecule has 3 fully saturated rings. The molecule has 1 saturated heterocycles. The lowest BCUT2D eigenvalue weighted by Crippen LogP contribution is -2.54. The van der Waals surface area contributed by atoms with Crippen molar-refractivity contribution in [2.45, 2.75) is 39.2 Å². The third kappa shape index (κ3) is 1.56. The quantitative estimate of drug-likeness (QED) is 0.661. The number of carboxylic acid groups (broad SMARTS) is 1. The van der Waals surface area contributed by atoms with E-state index in [1.807, 2.05) is 0 Å². The fraction of sp³-hybridized carbons (Fsp3) is 0.786. The van der Waals surface area contributed by atoms with Crippen molar-refractivity contribution in [3.63, 3.8) is 0 Å². The zero-order valence-corrected chi connectivity index (χ0v) is 11.2. The number of likely N-dealkylation sites (tertiary alicyclic amines) is 1. The molecule has 2 aliphatic carbocycles. The summed E-state index contributed by atoms with van der Waals surface area (Å²) >= 11 is 0. The Morgan fingerprint density at radius 2 is 1.63 bits per heavy atom. The number of carbonyl (C=O) groups excluding carboxylic acids is 3. The zero-order valence-electron chi connectivity index (χ0n) is 11.2. The van der Waals surface area contributed by atoms with E-state index >= 15 is 0 Å². The average molecular weight is 264 g/mol. The van der Waals surface area contributed by atoms with Crippen molar-refractivity contribution in [3.05, 3.63) is 0 Å². The lowest BCUT2D eigenvalue weighted by atomic mass is 9.81. The second-order valence-corrected chi connectivity index (χ2v) is 6.44. The van der Waals surface area contributed by atoms with Gasteiger partial charge in [0.05, 0.1) is 23.8 Å². The lowest BCUT2D eigenvalue weighted by Gasteiger charge is -2.31. The molecule has 3 aliphatic rings. The molecule has 0 N–H and O–H groups in total. The molecule has 0 aromatic carbocycles. The summed E-state index contributed by atoms with van der Waals surface area (Å²) in [6.45, 7) is 3.40. The Bertz CT molecular complexity index is 430. The molecule has 0 aromatic heterocycles. The van der Waals surface area contributed by atoms with Gasteiger partial charge in [0.1, 0.15) is 0 Å². The molecule has 19 heavy (non-hydrogen) atoms. The summed E-state index contributed by atoms with van der Waals surface area (Å²) in [7, 11) is 0. The highest BCUT2D eigenvalue weighted by molar-refractivity contribution is 6.08. The molecule has 3 rings (SSSR count). The van der Waals surface area contributed by atoms with E-state index in [-0.39, 0.29) is 41.4 Å². The fourth-order valence-corrected chi connectivity index (χ4v) is 4.38. The molecule has 2 bridgehead atoms. The Kier molecular flexibility index (Phi) is 2.69. The third-order valence-electron chi connectivity index (χ3n) is 5.11. The number of carbonyl (C=O) groups is 3. The van der Waals surface area contributed by atoms with Crippen molar-refractivity contribution in [2.75, 3.05) is 0 Å². The standard InChI is InChI=1S/C14H19NO4/c1-6(2)11(14(18)19)15-12(16)9-7-3-4-8(5-7)10(9)13(15)17/h6-11H,3-5H2,1-2H3,(H,18,19)/p-1/t7-,8+,9-,10+,11-/m0/s1. The normalized spacial score (nSPS) is 38.2. The Morgan fingerprint density at radius 1 is 1.16 bits per heavy atom. The van der Waals surface area contributed by atoms with E-state index in [9.17, 15) is 19.5 Å². The van der Waals surface area contributed by atoms with Crippen molar-refractivity contribution in [3.8, 4) is 0 Å². The van der Waals surface area contributed by atoms with Crippen molar-refractivity contribution < 1.29 is 19.5 Å². The van der Waals surface area contributed by atoms with Gasteiger partial charge in [-0.15, -0.1) is 0 Å². The maximum absolute atomic E-state index is 12.5. The zero-order chi connectivity index (χ0) is 13.9. The molecular formula is C14H18NO4-. The van der Waals surface area contributed by atoms with Crippen LogP contribution in [0, 0.1) is 29.6 Å². The molecule has 0 spiro atoms. The summed E-state index contributed by atoms with van der Waals surface area (Å²) in [6, 6.07) is -1.12. The third-order valence-corrected chi connectivity index (χ3v) is 5.11. The van der Waals surface area contributed by atoms with Crippen LogP contribution in [-0.2, 0) is 14.4 Å². The molecule has 1 aliphatic heterocycles. The van der Waals surface area contributed by atoms with E-state index in [4.69, 9.17) is 0 Å². The van der Waals surface area contributed by atoms with Crippen molar-refractivity contribution in [1.29, 1.82) is 0 Å². The summed E-state index contributed by atoms with van der Waals surface area (Å²) in [5.41, 5.74) is 0. The summed E-state index contributed by atoms with van der Waals surface area (Å²) < 4.78 is 0. The minimum Gasteiger partial charge on any atom is -0.548 e. The van der Waals surface area contributed by atoms with Crippen LogP contribution in [0.3, 0.4) is 0 Å². The first kappa shape index (κ1) is 12.6. The second-order valence-electron chi connectivity index (χ2n) is 6.44. The number of fused-ring (bicyclic) bond motifs is 5. The van der Waals surface area contributed by atoms with Gasteiger partial charge in [0.15, 0.2) is 0 Å². The predicted molar refractivity (Wildman–Crippen MR) is 63.3 cm³/mol. The Balaban J connectivity index is 1.94. The van der Waals surface area contributed by atoms with Gasteiger partial charge in [0, 0.05) is 0 Å². The SMILES string of the molecule is CC(C)[C@@H](C(=O)[O-])N1C(=O)[C@@H]2[C@@H]3CC[C@@H](C3)[C@@H]2C1=O. The molecule has 104 valence electrons. The Hall–Kier alpha value is -1.39. The van der Waals surface area contributed by atoms with Gasteiger partial charge < -0.3 is 9.90 Å². The minimum atomic E-state index is -1.33. The van der Waals surface area contributed by atoms with Crippen molar-refractivity contribution in [2.24, 2.45) is 29.6 Å². The van der Waals surface area contributed by atoms with Crippen LogP contribution in [0.4, 0.5) is 0 Å². The molecule has 5 nitrogen and oxygen atoms in total. The van der Waals surface area contributed by atoms with E-state index in [1.54, 1.807) is 13.8 Å². The van der Waals surface area contributed by atoms with Gasteiger partial charge in [0.25, 0.3) is 0 Å². The van der Waals surface area contributed by atoms with Gasteiger partial charge in [-0.05, 0) is 37.0 Å². The number of imide groups is 1. The first-order chi connectivity index (χ1) is 8.93. The van der Waals surface area contributed by atoms with E-state index in [0.29, 0.717) is 0 Å². The van der Waals surface area contributed by atoms with Gasteiger partial charge >= 0.3 is 0 Å². The molecular weight excluding hydrogens is 246 g/mol. The number of carboxylic acids is 1. The number of hydrogen-bond acceptors (Lipinski definition) is 4. The molecule has 5 atom stereocenters. The maximum Gasteiger partial charge on any atom is 0.234 e. The van der Waals surface area contributed by atoms with Crippen LogP contribution in [0.25, 0.3) is 0 Å². The number of aliphatic carboxylic acids is 1. The number of amides is 2. The summed E-state index contributed by atoms with van der Waals surface area (Å²) in [6.07, 6.45) is 2.95. The van der Waals surface area contributed by atoms with E-state index < -0.39 is 12.0 Å². The van der Waals surface area contributed by atoms with Gasteiger partial charge in [-0.2, -0.15) is 0 Å². The van der Waals surface area contributed by atoms with Gasteiger partial charge in [0.2, 0.25) is 11.8 Å². The Morgan fingerprint density at radius 3 is 2.00 bits per heavy atom. The molecule has 0 aromatic rings. The monoisotopic (exact) mass is 264 g/mol. The molecule has 1 heterocycles. The maximum atomic E-state index is 12.5. The second kappa shape index (κ2) is 4.05. The minimum absolute atomic E-state index is 0.258. The number of nitrogens with zero attached hydrogens (tertiary/aromatic N) is 1. The van der Waals surface area contributed by atoms with Gasteiger partial charge in [-0.1, -0.05) is 13.8 Å². The number of rotatable bonds is 3. The predicted octanol–water partition coefficient (Wildman–Crippen LogP) is -0.208. The summed E-state index contributed by atoms with van der Waals surface area (Å²) in [5, 5.41) is 11.3. The smallest absolute Gasteiger partial charge is 0.234 e. The highest BCUT2D eigenvalue weighted by atomic mass is 16.4. The van der Waals surface area contributed by atoms with E-state index in [0.717, 1.165) is 24.2 Å². The van der Waals surface area contributed by atoms with E-state index in [2.05, 4.69) is 0 Å². The van der Waals surface area contributed by atoms with Crippen molar-refractivity contribution >= 4 is 17.8 Å². The fourth-order valence-electron chi connectivity index (χ4n) is 4.38. The largest absolute Gasteiger partial charge is 0.548 e. The molecule has 0 radical (unpaired) electrons. The highest BCUT2D eigenvalue weighted by Gasteiger charge is 2.62. The average Bonchev–Trinajstić information content (AvgIpc) is 2.97. The van der Waals surface area contributed by atoms with Crippen LogP contribution < -0.4 is 5.11 Å². The first-order valence-corrected chi connectivity index (χ1v) is 7.01. The van der Waals surface area contributed by atoms with Gasteiger partial charge in [-0.3, -0.25) is 14.5 Å². The molecule has 2 saturated carbocycles. The highest BCUT2D eigenvalue weighted by Crippen LogP contribution is 2.56. The van der Waals surface area contributed by atoms with Crippen LogP contribution in [0.15, 0.2) is 0 Å². The van der Waals surface area contributed by atoms with Crippen LogP contribution in [0.5, 0.6) is 0 Å². The molecule has 2 amide bonds. The summed E-state index contributed by atoms with van der Waals surface area (Å²) in [4.78, 5) is 37.2. The van der Waals surface area contributed by atoms with Gasteiger partial charge in [-0.25, -0.2) is 0 Å². The topological polar surface area (TPSA) is 77.5 Å². The molecule has 0 unspecified atom stereocenters. The van der Waals surface area contributed by atoms with Crippen LogP contribution >= 0.6 is 0 Å². The van der Waals surface area contributed by atoms with Crippen molar-refractivity contribution in [1.82, 2.24) is 4.90 Å². The van der Waals surface area contributed by atoms with E-state index in [1.165, 1.54) is 0 Å². The Labute approximate surface area is 112 Å². The van der Waals surface area contributed by atoms with Crippen LogP contribution in [0.1, 0.15) is 33.1 Å². The van der Waals surface area contributed by atoms with Crippen LogP contribution in [-0.4, -0.2) is 28.7 Å². The first-order valence-electron chi connectivity index (χ1n) is 7.01. The summed E-state index contributed by atoms with van der Waals surface area (Å²) in [5.74, 6) is -2.15. The van der Waals surface area contributed by atoms with Crippen LogP contribution in [0.2, 0.25) is 0 Å². The molecule has 5 heteroatoms. The number of hydrogen-bond donors (Lipinski definition) is 0. The lowest BCUT2D eigenvalue weighted by molar-refractivity contribution is -0.312.